The summed E-state index contributed by atoms with van der Waals surface area (Å²) in [5.74, 6) is 0.829. The van der Waals surface area contributed by atoms with Crippen molar-refractivity contribution in [2.75, 3.05) is 39.3 Å². The van der Waals surface area contributed by atoms with Crippen LogP contribution in [0.25, 0.3) is 0 Å². The SMILES string of the molecule is O=C(NCC1CCN(Cc2ccccc2)CC1)N1CCCC(CO)C1. The summed E-state index contributed by atoms with van der Waals surface area (Å²) in [6.45, 7) is 5.70. The summed E-state index contributed by atoms with van der Waals surface area (Å²) in [6.07, 6.45) is 4.31. The summed E-state index contributed by atoms with van der Waals surface area (Å²) >= 11 is 0. The second kappa shape index (κ2) is 9.20. The molecule has 0 aromatic heterocycles. The number of aliphatic hydroxyl groups excluding tert-OH is 1. The summed E-state index contributed by atoms with van der Waals surface area (Å²) in [6, 6.07) is 10.7. The Morgan fingerprint density at radius 3 is 2.56 bits per heavy atom. The van der Waals surface area contributed by atoms with Crippen LogP contribution in [-0.2, 0) is 6.54 Å². The van der Waals surface area contributed by atoms with E-state index in [0.717, 1.165) is 58.4 Å². The molecule has 5 heteroatoms. The zero-order valence-corrected chi connectivity index (χ0v) is 15.1. The van der Waals surface area contributed by atoms with E-state index < -0.39 is 0 Å². The van der Waals surface area contributed by atoms with Crippen LogP contribution in [0.4, 0.5) is 4.79 Å². The predicted octanol–water partition coefficient (Wildman–Crippen LogP) is 2.31. The first kappa shape index (κ1) is 18.2. The van der Waals surface area contributed by atoms with Gasteiger partial charge in [-0.1, -0.05) is 30.3 Å². The van der Waals surface area contributed by atoms with E-state index in [1.807, 2.05) is 4.90 Å². The van der Waals surface area contributed by atoms with Crippen molar-refractivity contribution < 1.29 is 9.90 Å². The van der Waals surface area contributed by atoms with Crippen molar-refractivity contribution in [2.45, 2.75) is 32.2 Å². The zero-order valence-electron chi connectivity index (χ0n) is 15.1. The van der Waals surface area contributed by atoms with E-state index in [4.69, 9.17) is 0 Å². The van der Waals surface area contributed by atoms with Gasteiger partial charge in [0.1, 0.15) is 0 Å². The molecule has 0 radical (unpaired) electrons. The minimum Gasteiger partial charge on any atom is -0.396 e. The van der Waals surface area contributed by atoms with Crippen molar-refractivity contribution in [1.82, 2.24) is 15.1 Å². The second-order valence-electron chi connectivity index (χ2n) is 7.53. The molecule has 138 valence electrons. The zero-order chi connectivity index (χ0) is 17.5. The highest BCUT2D eigenvalue weighted by Gasteiger charge is 2.24. The molecule has 2 heterocycles. The van der Waals surface area contributed by atoms with E-state index in [9.17, 15) is 9.90 Å². The fourth-order valence-corrected chi connectivity index (χ4v) is 3.93. The van der Waals surface area contributed by atoms with Crippen molar-refractivity contribution >= 4 is 6.03 Å². The van der Waals surface area contributed by atoms with Gasteiger partial charge in [-0.3, -0.25) is 4.90 Å². The normalized spacial score (nSPS) is 22.8. The Morgan fingerprint density at radius 1 is 1.08 bits per heavy atom. The van der Waals surface area contributed by atoms with Gasteiger partial charge in [0.05, 0.1) is 0 Å². The number of likely N-dealkylation sites (tertiary alicyclic amines) is 2. The summed E-state index contributed by atoms with van der Waals surface area (Å²) in [7, 11) is 0. The number of hydrogen-bond acceptors (Lipinski definition) is 3. The summed E-state index contributed by atoms with van der Waals surface area (Å²) in [5, 5.41) is 12.4. The second-order valence-corrected chi connectivity index (χ2v) is 7.53. The maximum Gasteiger partial charge on any atom is 0.317 e. The van der Waals surface area contributed by atoms with Crippen molar-refractivity contribution in [2.24, 2.45) is 11.8 Å². The Kier molecular flexibility index (Phi) is 6.70. The van der Waals surface area contributed by atoms with Crippen LogP contribution in [-0.4, -0.2) is 60.3 Å². The van der Waals surface area contributed by atoms with Crippen LogP contribution >= 0.6 is 0 Å². The number of rotatable bonds is 5. The lowest BCUT2D eigenvalue weighted by Gasteiger charge is -2.34. The lowest BCUT2D eigenvalue weighted by atomic mass is 9.96. The number of nitrogens with one attached hydrogen (secondary N) is 1. The minimum absolute atomic E-state index is 0.0462. The number of benzene rings is 1. The fraction of sp³-hybridized carbons (Fsp3) is 0.650. The number of urea groups is 1. The smallest absolute Gasteiger partial charge is 0.317 e. The van der Waals surface area contributed by atoms with E-state index >= 15 is 0 Å². The van der Waals surface area contributed by atoms with Gasteiger partial charge in [0.15, 0.2) is 0 Å². The average Bonchev–Trinajstić information content (AvgIpc) is 2.68. The van der Waals surface area contributed by atoms with Crippen LogP contribution in [0.1, 0.15) is 31.2 Å². The van der Waals surface area contributed by atoms with Crippen molar-refractivity contribution in [3.8, 4) is 0 Å². The number of hydrogen-bond donors (Lipinski definition) is 2. The topological polar surface area (TPSA) is 55.8 Å². The molecule has 3 rings (SSSR count). The first-order valence-corrected chi connectivity index (χ1v) is 9.64. The summed E-state index contributed by atoms with van der Waals surface area (Å²) < 4.78 is 0. The van der Waals surface area contributed by atoms with E-state index in [0.29, 0.717) is 12.5 Å². The molecule has 2 saturated heterocycles. The molecule has 2 aliphatic rings. The number of piperidine rings is 2. The Morgan fingerprint density at radius 2 is 1.84 bits per heavy atom. The van der Waals surface area contributed by atoms with Crippen LogP contribution < -0.4 is 5.32 Å². The minimum atomic E-state index is 0.0462. The highest BCUT2D eigenvalue weighted by Crippen LogP contribution is 2.19. The van der Waals surface area contributed by atoms with E-state index in [1.165, 1.54) is 5.56 Å². The van der Waals surface area contributed by atoms with Crippen LogP contribution in [0.3, 0.4) is 0 Å². The third-order valence-corrected chi connectivity index (χ3v) is 5.56. The molecular formula is C20H31N3O2. The highest BCUT2D eigenvalue weighted by molar-refractivity contribution is 5.74. The first-order chi connectivity index (χ1) is 12.2. The molecule has 25 heavy (non-hydrogen) atoms. The largest absolute Gasteiger partial charge is 0.396 e. The van der Waals surface area contributed by atoms with E-state index in [-0.39, 0.29) is 18.6 Å². The van der Waals surface area contributed by atoms with Crippen molar-refractivity contribution in [3.05, 3.63) is 35.9 Å². The van der Waals surface area contributed by atoms with Crippen molar-refractivity contribution in [3.63, 3.8) is 0 Å². The maximum absolute atomic E-state index is 12.3. The molecule has 0 bridgehead atoms. The Hall–Kier alpha value is -1.59. The summed E-state index contributed by atoms with van der Waals surface area (Å²) in [5.41, 5.74) is 1.37. The van der Waals surface area contributed by atoms with Crippen molar-refractivity contribution in [1.29, 1.82) is 0 Å². The van der Waals surface area contributed by atoms with Gasteiger partial charge in [-0.15, -0.1) is 0 Å². The number of amides is 2. The molecule has 2 amide bonds. The molecule has 1 aromatic carbocycles. The molecule has 1 aromatic rings. The molecule has 0 aliphatic carbocycles. The number of aliphatic hydroxyl groups is 1. The number of carbonyl (C=O) groups excluding carboxylic acids is 1. The van der Waals surface area contributed by atoms with Gasteiger partial charge >= 0.3 is 6.03 Å². The Labute approximate surface area is 151 Å². The van der Waals surface area contributed by atoms with Gasteiger partial charge in [-0.05, 0) is 56.2 Å². The van der Waals surface area contributed by atoms with Gasteiger partial charge in [-0.25, -0.2) is 4.79 Å². The van der Waals surface area contributed by atoms with Crippen LogP contribution in [0, 0.1) is 11.8 Å². The number of nitrogens with zero attached hydrogens (tertiary/aromatic N) is 2. The highest BCUT2D eigenvalue weighted by atomic mass is 16.3. The third kappa shape index (κ3) is 5.44. The van der Waals surface area contributed by atoms with Crippen LogP contribution in [0.5, 0.6) is 0 Å². The van der Waals surface area contributed by atoms with Crippen LogP contribution in [0.15, 0.2) is 30.3 Å². The maximum atomic E-state index is 12.3. The molecule has 1 atom stereocenters. The lowest BCUT2D eigenvalue weighted by molar-refractivity contribution is 0.126. The molecule has 2 fully saturated rings. The van der Waals surface area contributed by atoms with Gasteiger partial charge in [0.25, 0.3) is 0 Å². The molecule has 0 spiro atoms. The van der Waals surface area contributed by atoms with E-state index in [1.54, 1.807) is 0 Å². The number of carbonyl (C=O) groups is 1. The lowest BCUT2D eigenvalue weighted by Crippen LogP contribution is -2.48. The van der Waals surface area contributed by atoms with E-state index in [2.05, 4.69) is 40.5 Å². The van der Waals surface area contributed by atoms with Gasteiger partial charge < -0.3 is 15.3 Å². The quantitative estimate of drug-likeness (QED) is 0.861. The molecular weight excluding hydrogens is 314 g/mol. The fourth-order valence-electron chi connectivity index (χ4n) is 3.93. The van der Waals surface area contributed by atoms with Gasteiger partial charge in [0.2, 0.25) is 0 Å². The standard InChI is InChI=1S/C20H31N3O2/c24-16-19-7-4-10-23(15-19)20(25)21-13-17-8-11-22(12-9-17)14-18-5-2-1-3-6-18/h1-3,5-6,17,19,24H,4,7-16H2,(H,21,25). The first-order valence-electron chi connectivity index (χ1n) is 9.64. The molecule has 0 saturated carbocycles. The third-order valence-electron chi connectivity index (χ3n) is 5.56. The Bertz CT molecular complexity index is 529. The van der Waals surface area contributed by atoms with Gasteiger partial charge in [0, 0.05) is 32.8 Å². The average molecular weight is 345 g/mol. The Balaban J connectivity index is 1.35. The molecule has 2 aliphatic heterocycles. The molecule has 2 N–H and O–H groups in total. The van der Waals surface area contributed by atoms with Crippen LogP contribution in [0.2, 0.25) is 0 Å². The summed E-state index contributed by atoms with van der Waals surface area (Å²) in [4.78, 5) is 16.7. The predicted molar refractivity (Wildman–Crippen MR) is 99.2 cm³/mol. The molecule has 1 unspecified atom stereocenters. The monoisotopic (exact) mass is 345 g/mol. The van der Waals surface area contributed by atoms with Gasteiger partial charge in [-0.2, -0.15) is 0 Å². The molecule has 5 nitrogen and oxygen atoms in total.